The number of amides is 1. The van der Waals surface area contributed by atoms with E-state index in [4.69, 9.17) is 16.0 Å². The zero-order chi connectivity index (χ0) is 24.4. The van der Waals surface area contributed by atoms with E-state index in [0.29, 0.717) is 43.5 Å². The molecule has 0 saturated carbocycles. The highest BCUT2D eigenvalue weighted by Gasteiger charge is 2.25. The first-order valence-electron chi connectivity index (χ1n) is 11.3. The number of nitrogens with zero attached hydrogens (tertiary/aromatic N) is 6. The van der Waals surface area contributed by atoms with Crippen LogP contribution in [-0.4, -0.2) is 56.7 Å². The topological polar surface area (TPSA) is 80.3 Å². The third kappa shape index (κ3) is 5.06. The van der Waals surface area contributed by atoms with Crippen molar-refractivity contribution >= 4 is 35.0 Å². The zero-order valence-corrected chi connectivity index (χ0v) is 21.1. The molecule has 0 bridgehead atoms. The first-order valence-corrected chi connectivity index (χ1v) is 12.7. The number of carbonyl (C=O) groups excluding carboxylic acids is 1. The van der Waals surface area contributed by atoms with Crippen LogP contribution in [0.3, 0.4) is 0 Å². The maximum Gasteiger partial charge on any atom is 0.275 e. The van der Waals surface area contributed by atoms with E-state index in [9.17, 15) is 4.79 Å². The fraction of sp³-hybridized carbons (Fsp3) is 0.280. The Morgan fingerprint density at radius 2 is 1.77 bits per heavy atom. The van der Waals surface area contributed by atoms with Gasteiger partial charge in [0, 0.05) is 31.9 Å². The first-order chi connectivity index (χ1) is 17.0. The lowest BCUT2D eigenvalue weighted by Crippen LogP contribution is -2.49. The van der Waals surface area contributed by atoms with Crippen molar-refractivity contribution in [2.45, 2.75) is 24.8 Å². The van der Waals surface area contributed by atoms with Crippen LogP contribution in [0.25, 0.3) is 5.69 Å². The van der Waals surface area contributed by atoms with E-state index in [1.54, 1.807) is 4.90 Å². The van der Waals surface area contributed by atoms with Gasteiger partial charge in [-0.1, -0.05) is 53.2 Å². The van der Waals surface area contributed by atoms with Crippen LogP contribution in [0.5, 0.6) is 0 Å². The van der Waals surface area contributed by atoms with Crippen LogP contribution < -0.4 is 4.90 Å². The molecule has 1 aliphatic heterocycles. The Kier molecular flexibility index (Phi) is 6.79. The highest BCUT2D eigenvalue weighted by molar-refractivity contribution is 7.98. The smallest absolute Gasteiger partial charge is 0.275 e. The third-order valence-electron chi connectivity index (χ3n) is 5.94. The molecule has 0 N–H and O–H groups in total. The van der Waals surface area contributed by atoms with Crippen molar-refractivity contribution in [2.24, 2.45) is 0 Å². The Hall–Kier alpha value is -3.30. The van der Waals surface area contributed by atoms with Gasteiger partial charge in [-0.2, -0.15) is 0 Å². The number of carbonyl (C=O) groups is 1. The average Bonchev–Trinajstić information content (AvgIpc) is 3.50. The largest absolute Gasteiger partial charge is 0.447 e. The molecule has 1 aliphatic rings. The summed E-state index contributed by atoms with van der Waals surface area (Å²) in [5.74, 6) is 1.60. The quantitative estimate of drug-likeness (QED) is 0.347. The molecule has 8 nitrogen and oxygen atoms in total. The van der Waals surface area contributed by atoms with E-state index in [1.165, 1.54) is 23.6 Å². The second-order valence-corrected chi connectivity index (χ2v) is 9.70. The van der Waals surface area contributed by atoms with Gasteiger partial charge in [0.05, 0.1) is 16.5 Å². The summed E-state index contributed by atoms with van der Waals surface area (Å²) in [6, 6.07) is 16.0. The molecule has 2 aromatic heterocycles. The van der Waals surface area contributed by atoms with Crippen LogP contribution in [0.2, 0.25) is 5.02 Å². The molecule has 0 spiro atoms. The highest BCUT2D eigenvalue weighted by Crippen LogP contribution is 2.27. The van der Waals surface area contributed by atoms with Crippen LogP contribution in [0.1, 0.15) is 27.8 Å². The van der Waals surface area contributed by atoms with Crippen molar-refractivity contribution in [3.63, 3.8) is 0 Å². The van der Waals surface area contributed by atoms with Crippen molar-refractivity contribution in [3.05, 3.63) is 82.8 Å². The lowest BCUT2D eigenvalue weighted by atomic mass is 10.2. The maximum atomic E-state index is 13.0. The van der Waals surface area contributed by atoms with Crippen molar-refractivity contribution in [3.8, 4) is 5.69 Å². The molecule has 1 amide bonds. The van der Waals surface area contributed by atoms with Gasteiger partial charge in [0.15, 0.2) is 10.9 Å². The van der Waals surface area contributed by atoms with E-state index in [2.05, 4.69) is 39.1 Å². The summed E-state index contributed by atoms with van der Waals surface area (Å²) in [4.78, 5) is 21.4. The molecule has 1 fully saturated rings. The normalized spacial score (nSPS) is 13.9. The molecule has 1 saturated heterocycles. The minimum atomic E-state index is -0.123. The van der Waals surface area contributed by atoms with Crippen LogP contribution in [0.15, 0.2) is 64.4 Å². The lowest BCUT2D eigenvalue weighted by molar-refractivity contribution is 0.0741. The van der Waals surface area contributed by atoms with Gasteiger partial charge in [0.25, 0.3) is 5.91 Å². The van der Waals surface area contributed by atoms with E-state index in [-0.39, 0.29) is 5.91 Å². The number of hydrogen-bond donors (Lipinski definition) is 0. The van der Waals surface area contributed by atoms with Crippen molar-refractivity contribution in [1.82, 2.24) is 24.6 Å². The molecule has 10 heteroatoms. The predicted molar refractivity (Wildman–Crippen MR) is 136 cm³/mol. The Balaban J connectivity index is 1.20. The minimum Gasteiger partial charge on any atom is -0.447 e. The number of aromatic nitrogens is 4. The molecule has 3 heterocycles. The summed E-state index contributed by atoms with van der Waals surface area (Å²) in [7, 11) is 0. The number of rotatable bonds is 6. The van der Waals surface area contributed by atoms with Gasteiger partial charge in [0.1, 0.15) is 12.1 Å². The summed E-state index contributed by atoms with van der Waals surface area (Å²) in [5, 5.41) is 9.99. The molecular formula is C25H25ClN6O2S. The molecule has 0 radical (unpaired) electrons. The number of benzene rings is 2. The number of halogens is 1. The van der Waals surface area contributed by atoms with Gasteiger partial charge in [-0.15, -0.1) is 10.2 Å². The van der Waals surface area contributed by atoms with Gasteiger partial charge in [0.2, 0.25) is 5.89 Å². The SMILES string of the molecule is Cc1ccc(-n2c(C)nnc2SCc2nc(C(=O)N3CCN(c4ccccc4Cl)CC3)co2)cc1. The molecular weight excluding hydrogens is 484 g/mol. The van der Waals surface area contributed by atoms with Crippen LogP contribution in [0, 0.1) is 13.8 Å². The lowest BCUT2D eigenvalue weighted by Gasteiger charge is -2.36. The van der Waals surface area contributed by atoms with Gasteiger partial charge in [-0.25, -0.2) is 4.98 Å². The van der Waals surface area contributed by atoms with Crippen LogP contribution in [-0.2, 0) is 5.75 Å². The van der Waals surface area contributed by atoms with Crippen molar-refractivity contribution in [1.29, 1.82) is 0 Å². The van der Waals surface area contributed by atoms with Crippen molar-refractivity contribution in [2.75, 3.05) is 31.1 Å². The molecule has 0 unspecified atom stereocenters. The first kappa shape index (κ1) is 23.4. The Bertz CT molecular complexity index is 1330. The fourth-order valence-electron chi connectivity index (χ4n) is 4.05. The summed E-state index contributed by atoms with van der Waals surface area (Å²) in [6.45, 7) is 6.59. The summed E-state index contributed by atoms with van der Waals surface area (Å²) >= 11 is 7.79. The average molecular weight is 509 g/mol. The number of para-hydroxylation sites is 1. The molecule has 4 aromatic rings. The van der Waals surface area contributed by atoms with Gasteiger partial charge >= 0.3 is 0 Å². The van der Waals surface area contributed by atoms with E-state index >= 15 is 0 Å². The third-order valence-corrected chi connectivity index (χ3v) is 7.18. The molecule has 0 aliphatic carbocycles. The molecule has 180 valence electrons. The minimum absolute atomic E-state index is 0.123. The monoisotopic (exact) mass is 508 g/mol. The predicted octanol–water partition coefficient (Wildman–Crippen LogP) is 4.78. The summed E-state index contributed by atoms with van der Waals surface area (Å²) in [5.41, 5.74) is 3.51. The second-order valence-electron chi connectivity index (χ2n) is 8.35. The molecule has 0 atom stereocenters. The number of piperazine rings is 1. The maximum absolute atomic E-state index is 13.0. The second kappa shape index (κ2) is 10.1. The van der Waals surface area contributed by atoms with Crippen LogP contribution in [0.4, 0.5) is 5.69 Å². The van der Waals surface area contributed by atoms with Crippen molar-refractivity contribution < 1.29 is 9.21 Å². The Morgan fingerprint density at radius 1 is 1.03 bits per heavy atom. The number of anilines is 1. The summed E-state index contributed by atoms with van der Waals surface area (Å²) < 4.78 is 7.61. The van der Waals surface area contributed by atoms with E-state index < -0.39 is 0 Å². The number of thioether (sulfide) groups is 1. The fourth-order valence-corrected chi connectivity index (χ4v) is 5.16. The highest BCUT2D eigenvalue weighted by atomic mass is 35.5. The number of oxazole rings is 1. The molecule has 2 aromatic carbocycles. The zero-order valence-electron chi connectivity index (χ0n) is 19.5. The van der Waals surface area contributed by atoms with E-state index in [0.717, 1.165) is 27.4 Å². The van der Waals surface area contributed by atoms with Gasteiger partial charge < -0.3 is 14.2 Å². The van der Waals surface area contributed by atoms with Crippen LogP contribution >= 0.6 is 23.4 Å². The van der Waals surface area contributed by atoms with E-state index in [1.807, 2.05) is 47.9 Å². The molecule has 5 rings (SSSR count). The summed E-state index contributed by atoms with van der Waals surface area (Å²) in [6.07, 6.45) is 1.44. The van der Waals surface area contributed by atoms with Gasteiger partial charge in [-0.3, -0.25) is 9.36 Å². The molecule has 35 heavy (non-hydrogen) atoms. The van der Waals surface area contributed by atoms with Gasteiger partial charge in [-0.05, 0) is 38.1 Å². The standard InChI is InChI=1S/C25H25ClN6O2S/c1-17-7-9-19(10-8-17)32-18(2)28-29-25(32)35-16-23-27-21(15-34-23)24(33)31-13-11-30(12-14-31)22-6-4-3-5-20(22)26/h3-10,15H,11-14,16H2,1-2H3. The number of hydrogen-bond acceptors (Lipinski definition) is 7. The number of aryl methyl sites for hydroxylation is 2. The Labute approximate surface area is 212 Å². The Morgan fingerprint density at radius 3 is 2.51 bits per heavy atom.